The predicted molar refractivity (Wildman–Crippen MR) is 121 cm³/mol. The van der Waals surface area contributed by atoms with Crippen LogP contribution >= 0.6 is 11.3 Å². The molecule has 4 rings (SSSR count). The lowest BCUT2D eigenvalue weighted by molar-refractivity contribution is 0.0959. The highest BCUT2D eigenvalue weighted by Gasteiger charge is 2.09. The molecule has 0 radical (unpaired) electrons. The largest absolute Gasteiger partial charge is 0.497 e. The number of rotatable bonds is 8. The molecule has 0 unspecified atom stereocenters. The van der Waals surface area contributed by atoms with Crippen molar-refractivity contribution in [3.63, 3.8) is 0 Å². The minimum atomic E-state index is -0.0671. The Labute approximate surface area is 178 Å². The molecule has 7 nitrogen and oxygen atoms in total. The maximum absolute atomic E-state index is 12.4. The lowest BCUT2D eigenvalue weighted by Gasteiger charge is -2.09. The van der Waals surface area contributed by atoms with Gasteiger partial charge >= 0.3 is 0 Å². The maximum atomic E-state index is 12.4. The Balaban J connectivity index is 1.27. The molecule has 8 heteroatoms. The Morgan fingerprint density at radius 2 is 1.90 bits per heavy atom. The average Bonchev–Trinajstić information content (AvgIpc) is 3.22. The first kappa shape index (κ1) is 19.7. The van der Waals surface area contributed by atoms with E-state index in [-0.39, 0.29) is 5.91 Å². The summed E-state index contributed by atoms with van der Waals surface area (Å²) in [6.45, 7) is 1.04. The van der Waals surface area contributed by atoms with Crippen molar-refractivity contribution in [1.82, 2.24) is 15.3 Å². The van der Waals surface area contributed by atoms with Crippen LogP contribution in [0, 0.1) is 0 Å². The van der Waals surface area contributed by atoms with Crippen LogP contribution < -0.4 is 20.7 Å². The van der Waals surface area contributed by atoms with E-state index in [9.17, 15) is 4.79 Å². The molecule has 0 aliphatic heterocycles. The van der Waals surface area contributed by atoms with Crippen molar-refractivity contribution < 1.29 is 9.53 Å². The monoisotopic (exact) mass is 419 g/mol. The molecule has 3 N–H and O–H groups in total. The number of hydrogen-bond donors (Lipinski definition) is 3. The number of carbonyl (C=O) groups excluding carboxylic acids is 1. The van der Waals surface area contributed by atoms with Crippen LogP contribution in [0.15, 0.2) is 66.9 Å². The molecule has 0 spiro atoms. The van der Waals surface area contributed by atoms with Gasteiger partial charge in [0.1, 0.15) is 11.6 Å². The number of thiophene rings is 1. The molecule has 2 aromatic heterocycles. The van der Waals surface area contributed by atoms with Gasteiger partial charge in [-0.15, -0.1) is 11.3 Å². The minimum absolute atomic E-state index is 0.0671. The van der Waals surface area contributed by atoms with E-state index < -0.39 is 0 Å². The van der Waals surface area contributed by atoms with Crippen LogP contribution in [0.2, 0.25) is 0 Å². The summed E-state index contributed by atoms with van der Waals surface area (Å²) in [7, 11) is 1.63. The van der Waals surface area contributed by atoms with Crippen molar-refractivity contribution in [1.29, 1.82) is 0 Å². The van der Waals surface area contributed by atoms with Gasteiger partial charge in [-0.25, -0.2) is 4.98 Å². The Bertz CT molecular complexity index is 1110. The molecule has 0 bridgehead atoms. The first-order valence-corrected chi connectivity index (χ1v) is 10.3. The summed E-state index contributed by atoms with van der Waals surface area (Å²) in [5, 5.41) is 10.4. The molecule has 0 saturated carbocycles. The van der Waals surface area contributed by atoms with E-state index in [0.717, 1.165) is 21.5 Å². The lowest BCUT2D eigenvalue weighted by atomic mass is 10.2. The first-order chi connectivity index (χ1) is 14.7. The van der Waals surface area contributed by atoms with Crippen LogP contribution in [0.4, 0.5) is 17.5 Å². The van der Waals surface area contributed by atoms with Gasteiger partial charge < -0.3 is 20.7 Å². The highest BCUT2D eigenvalue weighted by molar-refractivity contribution is 7.20. The summed E-state index contributed by atoms with van der Waals surface area (Å²) >= 11 is 1.50. The molecule has 2 heterocycles. The summed E-state index contributed by atoms with van der Waals surface area (Å²) in [5.74, 6) is 1.88. The van der Waals surface area contributed by atoms with Crippen LogP contribution in [0.1, 0.15) is 9.67 Å². The van der Waals surface area contributed by atoms with Gasteiger partial charge in [-0.2, -0.15) is 4.98 Å². The Morgan fingerprint density at radius 3 is 2.70 bits per heavy atom. The molecular weight excluding hydrogens is 398 g/mol. The molecule has 0 fully saturated rings. The quantitative estimate of drug-likeness (QED) is 0.369. The fraction of sp³-hybridized carbons (Fsp3) is 0.136. The molecule has 0 atom stereocenters. The standard InChI is InChI=1S/C22H21N5O2S/c1-29-17-8-6-16(7-9-17)26-22-25-11-10-20(27-22)23-12-13-24-21(28)19-14-15-4-2-3-5-18(15)30-19/h2-11,14H,12-13H2,1H3,(H,24,28)(H2,23,25,26,27). The average molecular weight is 420 g/mol. The second-order valence-corrected chi connectivity index (χ2v) is 7.53. The van der Waals surface area contributed by atoms with Gasteiger partial charge in [-0.1, -0.05) is 18.2 Å². The van der Waals surface area contributed by atoms with Gasteiger partial charge in [0.2, 0.25) is 5.95 Å². The minimum Gasteiger partial charge on any atom is -0.497 e. The van der Waals surface area contributed by atoms with Gasteiger partial charge in [-0.3, -0.25) is 4.79 Å². The van der Waals surface area contributed by atoms with Crippen LogP contribution in [0.3, 0.4) is 0 Å². The van der Waals surface area contributed by atoms with E-state index in [1.54, 1.807) is 19.4 Å². The van der Waals surface area contributed by atoms with Gasteiger partial charge in [0, 0.05) is 29.7 Å². The predicted octanol–water partition coefficient (Wildman–Crippen LogP) is 4.29. The Hall–Kier alpha value is -3.65. The number of ether oxygens (including phenoxy) is 1. The number of amides is 1. The molecule has 0 aliphatic rings. The van der Waals surface area contributed by atoms with Crippen LogP contribution in [-0.4, -0.2) is 36.1 Å². The van der Waals surface area contributed by atoms with E-state index >= 15 is 0 Å². The molecule has 0 saturated heterocycles. The summed E-state index contributed by atoms with van der Waals surface area (Å²) < 4.78 is 6.27. The molecule has 1 amide bonds. The third-order valence-electron chi connectivity index (χ3n) is 4.37. The van der Waals surface area contributed by atoms with Gasteiger partial charge in [0.15, 0.2) is 0 Å². The normalized spacial score (nSPS) is 10.6. The lowest BCUT2D eigenvalue weighted by Crippen LogP contribution is -2.28. The summed E-state index contributed by atoms with van der Waals surface area (Å²) in [6, 6.07) is 19.2. The number of methoxy groups -OCH3 is 1. The van der Waals surface area contributed by atoms with Gasteiger partial charge in [0.25, 0.3) is 5.91 Å². The van der Waals surface area contributed by atoms with E-state index in [1.165, 1.54) is 11.3 Å². The fourth-order valence-electron chi connectivity index (χ4n) is 2.87. The molecule has 152 valence electrons. The van der Waals surface area contributed by atoms with Crippen molar-refractivity contribution in [2.45, 2.75) is 0 Å². The van der Waals surface area contributed by atoms with Gasteiger partial charge in [0.05, 0.1) is 12.0 Å². The van der Waals surface area contributed by atoms with Crippen LogP contribution in [-0.2, 0) is 0 Å². The van der Waals surface area contributed by atoms with Crippen molar-refractivity contribution >= 4 is 44.8 Å². The van der Waals surface area contributed by atoms with E-state index in [4.69, 9.17) is 4.74 Å². The summed E-state index contributed by atoms with van der Waals surface area (Å²) in [4.78, 5) is 21.7. The van der Waals surface area contributed by atoms with E-state index in [1.807, 2.05) is 54.6 Å². The number of fused-ring (bicyclic) bond motifs is 1. The van der Waals surface area contributed by atoms with Crippen LogP contribution in [0.25, 0.3) is 10.1 Å². The van der Waals surface area contributed by atoms with Crippen molar-refractivity contribution in [3.05, 3.63) is 71.7 Å². The number of nitrogens with zero attached hydrogens (tertiary/aromatic N) is 2. The van der Waals surface area contributed by atoms with Gasteiger partial charge in [-0.05, 0) is 47.9 Å². The zero-order chi connectivity index (χ0) is 20.8. The van der Waals surface area contributed by atoms with E-state index in [2.05, 4.69) is 25.9 Å². The number of nitrogens with one attached hydrogen (secondary N) is 3. The number of carbonyl (C=O) groups is 1. The first-order valence-electron chi connectivity index (χ1n) is 9.46. The number of anilines is 3. The Kier molecular flexibility index (Phi) is 6.05. The highest BCUT2D eigenvalue weighted by atomic mass is 32.1. The third-order valence-corrected chi connectivity index (χ3v) is 5.48. The third kappa shape index (κ3) is 4.84. The molecular formula is C22H21N5O2S. The summed E-state index contributed by atoms with van der Waals surface area (Å²) in [6.07, 6.45) is 1.68. The Morgan fingerprint density at radius 1 is 1.07 bits per heavy atom. The van der Waals surface area contributed by atoms with Crippen molar-refractivity contribution in [3.8, 4) is 5.75 Å². The second kappa shape index (κ2) is 9.23. The molecule has 4 aromatic rings. The van der Waals surface area contributed by atoms with Crippen molar-refractivity contribution in [2.24, 2.45) is 0 Å². The number of aromatic nitrogens is 2. The van der Waals surface area contributed by atoms with Crippen molar-refractivity contribution in [2.75, 3.05) is 30.8 Å². The second-order valence-electron chi connectivity index (χ2n) is 6.45. The number of hydrogen-bond acceptors (Lipinski definition) is 7. The SMILES string of the molecule is COc1ccc(Nc2nccc(NCCNC(=O)c3cc4ccccc4s3)n2)cc1. The molecule has 0 aliphatic carbocycles. The van der Waals surface area contributed by atoms with Crippen LogP contribution in [0.5, 0.6) is 5.75 Å². The molecule has 2 aromatic carbocycles. The smallest absolute Gasteiger partial charge is 0.261 e. The number of benzene rings is 2. The summed E-state index contributed by atoms with van der Waals surface area (Å²) in [5.41, 5.74) is 0.864. The fourth-order valence-corrected chi connectivity index (χ4v) is 3.85. The highest BCUT2D eigenvalue weighted by Crippen LogP contribution is 2.25. The van der Waals surface area contributed by atoms with E-state index in [0.29, 0.717) is 29.7 Å². The maximum Gasteiger partial charge on any atom is 0.261 e. The molecule has 30 heavy (non-hydrogen) atoms. The zero-order valence-corrected chi connectivity index (χ0v) is 17.2. The topological polar surface area (TPSA) is 88.2 Å². The zero-order valence-electron chi connectivity index (χ0n) is 16.4.